The highest BCUT2D eigenvalue weighted by atomic mass is 16.8. The summed E-state index contributed by atoms with van der Waals surface area (Å²) in [6.07, 6.45) is 1.46. The van der Waals surface area contributed by atoms with Crippen LogP contribution < -0.4 is 9.47 Å². The van der Waals surface area contributed by atoms with Crippen molar-refractivity contribution in [3.05, 3.63) is 59.7 Å². The number of hydrogen-bond donors (Lipinski definition) is 2. The molecule has 0 fully saturated rings. The highest BCUT2D eigenvalue weighted by molar-refractivity contribution is 5.37. The molecule has 0 saturated carbocycles. The van der Waals surface area contributed by atoms with Gasteiger partial charge in [0.25, 0.3) is 0 Å². The molecule has 2 aliphatic rings. The van der Waals surface area contributed by atoms with Crippen molar-refractivity contribution >= 4 is 0 Å². The molecule has 0 aromatic heterocycles. The lowest BCUT2D eigenvalue weighted by Gasteiger charge is -2.44. The van der Waals surface area contributed by atoms with Gasteiger partial charge in [0.1, 0.15) is 11.5 Å². The highest BCUT2D eigenvalue weighted by Gasteiger charge is 2.51. The van der Waals surface area contributed by atoms with Gasteiger partial charge in [-0.25, -0.2) is 0 Å². The number of para-hydroxylation sites is 2. The van der Waals surface area contributed by atoms with Crippen LogP contribution in [0, 0.1) is 10.8 Å². The van der Waals surface area contributed by atoms with E-state index < -0.39 is 22.8 Å². The fourth-order valence-electron chi connectivity index (χ4n) is 3.88. The maximum atomic E-state index is 10.2. The standard InChI is InChI=1S/2C12H16O3/c2*1-11(2)8-9-6-4-5-7-10(9)15-12(11,13)14-3/h2*4-7,13H,8H2,1-3H3. The molecule has 0 amide bonds. The van der Waals surface area contributed by atoms with Crippen LogP contribution in [0.25, 0.3) is 0 Å². The molecule has 2 heterocycles. The summed E-state index contributed by atoms with van der Waals surface area (Å²) in [4.78, 5) is 0. The smallest absolute Gasteiger partial charge is 0.329 e. The van der Waals surface area contributed by atoms with Gasteiger partial charge in [-0.05, 0) is 36.1 Å². The van der Waals surface area contributed by atoms with Gasteiger partial charge >= 0.3 is 11.9 Å². The third kappa shape index (κ3) is 3.93. The molecule has 6 nitrogen and oxygen atoms in total. The van der Waals surface area contributed by atoms with Crippen LogP contribution in [0.2, 0.25) is 0 Å². The van der Waals surface area contributed by atoms with E-state index in [1.807, 2.05) is 76.2 Å². The van der Waals surface area contributed by atoms with Crippen LogP contribution in [-0.2, 0) is 22.3 Å². The van der Waals surface area contributed by atoms with E-state index in [0.717, 1.165) is 24.0 Å². The summed E-state index contributed by atoms with van der Waals surface area (Å²) < 4.78 is 21.2. The molecule has 2 atom stereocenters. The molecular formula is C24H32O6. The van der Waals surface area contributed by atoms with Crippen molar-refractivity contribution in [3.63, 3.8) is 0 Å². The van der Waals surface area contributed by atoms with E-state index in [0.29, 0.717) is 11.5 Å². The lowest BCUT2D eigenvalue weighted by molar-refractivity contribution is -0.367. The minimum absolute atomic E-state index is 0.462. The van der Waals surface area contributed by atoms with Crippen molar-refractivity contribution in [3.8, 4) is 11.5 Å². The molecule has 2 unspecified atom stereocenters. The minimum Gasteiger partial charge on any atom is -0.438 e. The summed E-state index contributed by atoms with van der Waals surface area (Å²) in [6.45, 7) is 7.69. The molecule has 4 rings (SSSR count). The fourth-order valence-corrected chi connectivity index (χ4v) is 3.88. The first-order valence-electron chi connectivity index (χ1n) is 10.1. The summed E-state index contributed by atoms with van der Waals surface area (Å²) in [6, 6.07) is 15.4. The Morgan fingerprint density at radius 1 is 0.667 bits per heavy atom. The van der Waals surface area contributed by atoms with Crippen LogP contribution in [0.15, 0.2) is 48.5 Å². The zero-order valence-corrected chi connectivity index (χ0v) is 18.6. The fraction of sp³-hybridized carbons (Fsp3) is 0.500. The van der Waals surface area contributed by atoms with E-state index in [1.54, 1.807) is 0 Å². The predicted octanol–water partition coefficient (Wildman–Crippen LogP) is 3.88. The van der Waals surface area contributed by atoms with Crippen molar-refractivity contribution in [1.82, 2.24) is 0 Å². The molecule has 0 aliphatic carbocycles. The Kier molecular flexibility index (Phi) is 5.91. The summed E-state index contributed by atoms with van der Waals surface area (Å²) in [7, 11) is 2.91. The van der Waals surface area contributed by atoms with E-state index >= 15 is 0 Å². The average molecular weight is 417 g/mol. The van der Waals surface area contributed by atoms with Gasteiger partial charge in [-0.3, -0.25) is 0 Å². The lowest BCUT2D eigenvalue weighted by Crippen LogP contribution is -2.54. The Morgan fingerprint density at radius 2 is 1.00 bits per heavy atom. The van der Waals surface area contributed by atoms with Crippen LogP contribution >= 0.6 is 0 Å². The van der Waals surface area contributed by atoms with Crippen LogP contribution in [0.5, 0.6) is 11.5 Å². The zero-order valence-electron chi connectivity index (χ0n) is 18.6. The monoisotopic (exact) mass is 416 g/mol. The number of hydrogen-bond acceptors (Lipinski definition) is 6. The van der Waals surface area contributed by atoms with E-state index in [-0.39, 0.29) is 0 Å². The minimum atomic E-state index is -1.54. The van der Waals surface area contributed by atoms with Crippen molar-refractivity contribution in [2.24, 2.45) is 10.8 Å². The maximum absolute atomic E-state index is 10.2. The maximum Gasteiger partial charge on any atom is 0.329 e. The van der Waals surface area contributed by atoms with Gasteiger partial charge in [-0.2, -0.15) is 0 Å². The summed E-state index contributed by atoms with van der Waals surface area (Å²) in [5, 5.41) is 20.4. The number of aliphatic hydroxyl groups is 2. The van der Waals surface area contributed by atoms with Crippen molar-refractivity contribution < 1.29 is 29.2 Å². The van der Waals surface area contributed by atoms with E-state index in [4.69, 9.17) is 18.9 Å². The molecule has 2 aromatic rings. The van der Waals surface area contributed by atoms with Gasteiger partial charge in [-0.15, -0.1) is 0 Å². The van der Waals surface area contributed by atoms with Gasteiger partial charge in [0, 0.05) is 14.2 Å². The molecule has 2 N–H and O–H groups in total. The van der Waals surface area contributed by atoms with Gasteiger partial charge in [-0.1, -0.05) is 64.1 Å². The normalized spacial score (nSPS) is 28.0. The molecule has 2 aromatic carbocycles. The molecule has 0 radical (unpaired) electrons. The lowest BCUT2D eigenvalue weighted by atomic mass is 9.80. The first kappa shape index (κ1) is 22.6. The Balaban J connectivity index is 0.000000171. The first-order valence-corrected chi connectivity index (χ1v) is 10.1. The Bertz CT molecular complexity index is 819. The van der Waals surface area contributed by atoms with Crippen LogP contribution in [0.4, 0.5) is 0 Å². The Morgan fingerprint density at radius 3 is 1.33 bits per heavy atom. The van der Waals surface area contributed by atoms with Crippen molar-refractivity contribution in [2.45, 2.75) is 52.5 Å². The van der Waals surface area contributed by atoms with Gasteiger partial charge in [0.05, 0.1) is 10.8 Å². The second-order valence-electron chi connectivity index (χ2n) is 9.11. The van der Waals surface area contributed by atoms with Crippen LogP contribution in [0.1, 0.15) is 38.8 Å². The predicted molar refractivity (Wildman–Crippen MR) is 113 cm³/mol. The number of methoxy groups -OCH3 is 2. The molecular weight excluding hydrogens is 384 g/mol. The number of fused-ring (bicyclic) bond motifs is 2. The molecule has 164 valence electrons. The SMILES string of the molecule is COC1(O)Oc2ccccc2CC1(C)C.COC1(O)Oc2ccccc2CC1(C)C. The number of ether oxygens (including phenoxy) is 4. The first-order chi connectivity index (χ1) is 14.0. The summed E-state index contributed by atoms with van der Waals surface area (Å²) in [5.74, 6) is -1.69. The third-order valence-corrected chi connectivity index (χ3v) is 5.97. The average Bonchev–Trinajstić information content (AvgIpc) is 2.69. The topological polar surface area (TPSA) is 77.4 Å². The Hall–Kier alpha value is -2.12. The molecule has 30 heavy (non-hydrogen) atoms. The highest BCUT2D eigenvalue weighted by Crippen LogP contribution is 2.44. The van der Waals surface area contributed by atoms with Crippen molar-refractivity contribution in [2.75, 3.05) is 14.2 Å². The van der Waals surface area contributed by atoms with E-state index in [9.17, 15) is 10.2 Å². The van der Waals surface area contributed by atoms with Crippen LogP contribution in [-0.4, -0.2) is 36.4 Å². The Labute approximate surface area is 178 Å². The molecule has 0 spiro atoms. The molecule has 0 bridgehead atoms. The summed E-state index contributed by atoms with van der Waals surface area (Å²) in [5.41, 5.74) is 1.28. The third-order valence-electron chi connectivity index (χ3n) is 5.97. The van der Waals surface area contributed by atoms with Gasteiger partial charge in [0.15, 0.2) is 0 Å². The quantitative estimate of drug-likeness (QED) is 0.724. The van der Waals surface area contributed by atoms with Gasteiger partial charge in [0.2, 0.25) is 0 Å². The number of benzene rings is 2. The van der Waals surface area contributed by atoms with E-state index in [2.05, 4.69) is 0 Å². The number of rotatable bonds is 2. The zero-order chi connectivity index (χ0) is 22.2. The van der Waals surface area contributed by atoms with Crippen molar-refractivity contribution in [1.29, 1.82) is 0 Å². The summed E-state index contributed by atoms with van der Waals surface area (Å²) >= 11 is 0. The molecule has 6 heteroatoms. The van der Waals surface area contributed by atoms with E-state index in [1.165, 1.54) is 14.2 Å². The van der Waals surface area contributed by atoms with Gasteiger partial charge < -0.3 is 29.2 Å². The second-order valence-corrected chi connectivity index (χ2v) is 9.11. The molecule has 0 saturated heterocycles. The largest absolute Gasteiger partial charge is 0.438 e. The van der Waals surface area contributed by atoms with Crippen LogP contribution in [0.3, 0.4) is 0 Å². The molecule has 2 aliphatic heterocycles. The second kappa shape index (κ2) is 7.85.